The van der Waals surface area contributed by atoms with Gasteiger partial charge in [0.2, 0.25) is 0 Å². The molecule has 1 atom stereocenters. The molecule has 0 fully saturated rings. The molecule has 2 aromatic rings. The summed E-state index contributed by atoms with van der Waals surface area (Å²) in [5, 5.41) is 7.17. The molecule has 0 saturated carbocycles. The summed E-state index contributed by atoms with van der Waals surface area (Å²) < 4.78 is 1.63. The van der Waals surface area contributed by atoms with E-state index in [4.69, 9.17) is 5.73 Å². The van der Waals surface area contributed by atoms with Gasteiger partial charge in [-0.3, -0.25) is 9.78 Å². The van der Waals surface area contributed by atoms with E-state index in [0.29, 0.717) is 23.5 Å². The molecule has 0 saturated heterocycles. The quantitative estimate of drug-likeness (QED) is 0.879. The SMILES string of the molecule is CC(C)CC(C)(CN)NC(=O)c1cnn2ccncc12.Cl. The Hall–Kier alpha value is -1.66. The molecule has 0 spiro atoms. The molecule has 1 amide bonds. The summed E-state index contributed by atoms with van der Waals surface area (Å²) in [4.78, 5) is 16.5. The van der Waals surface area contributed by atoms with Crippen LogP contribution in [-0.4, -0.2) is 32.6 Å². The third-order valence-corrected chi connectivity index (χ3v) is 3.29. The lowest BCUT2D eigenvalue weighted by atomic mass is 9.90. The summed E-state index contributed by atoms with van der Waals surface area (Å²) in [6, 6.07) is 0. The fourth-order valence-corrected chi connectivity index (χ4v) is 2.44. The molecule has 1 unspecified atom stereocenters. The smallest absolute Gasteiger partial charge is 0.255 e. The molecule has 0 aliphatic rings. The summed E-state index contributed by atoms with van der Waals surface area (Å²) in [6.45, 7) is 6.59. The van der Waals surface area contributed by atoms with E-state index in [1.807, 2.05) is 6.92 Å². The molecule has 6 nitrogen and oxygen atoms in total. The van der Waals surface area contributed by atoms with E-state index in [1.165, 1.54) is 0 Å². The molecule has 21 heavy (non-hydrogen) atoms. The topological polar surface area (TPSA) is 85.3 Å². The molecule has 2 heterocycles. The molecule has 0 aliphatic carbocycles. The maximum Gasteiger partial charge on any atom is 0.255 e. The molecule has 2 rings (SSSR count). The Labute approximate surface area is 130 Å². The first-order valence-corrected chi connectivity index (χ1v) is 6.75. The van der Waals surface area contributed by atoms with Crippen molar-refractivity contribution in [3.8, 4) is 0 Å². The maximum atomic E-state index is 12.4. The first kappa shape index (κ1) is 17.4. The highest BCUT2D eigenvalue weighted by atomic mass is 35.5. The van der Waals surface area contributed by atoms with Crippen molar-refractivity contribution < 1.29 is 4.79 Å². The van der Waals surface area contributed by atoms with E-state index in [2.05, 4.69) is 29.2 Å². The van der Waals surface area contributed by atoms with Crippen LogP contribution in [0.15, 0.2) is 24.8 Å². The van der Waals surface area contributed by atoms with Crippen molar-refractivity contribution >= 4 is 23.8 Å². The van der Waals surface area contributed by atoms with Gasteiger partial charge >= 0.3 is 0 Å². The second-order valence-electron chi connectivity index (χ2n) is 5.78. The van der Waals surface area contributed by atoms with Gasteiger partial charge in [0, 0.05) is 24.5 Å². The number of carbonyl (C=O) groups excluding carboxylic acids is 1. The minimum atomic E-state index is -0.415. The van der Waals surface area contributed by atoms with Gasteiger partial charge in [-0.1, -0.05) is 13.8 Å². The van der Waals surface area contributed by atoms with Crippen molar-refractivity contribution in [2.45, 2.75) is 32.7 Å². The fourth-order valence-electron chi connectivity index (χ4n) is 2.44. The summed E-state index contributed by atoms with van der Waals surface area (Å²) in [5.74, 6) is 0.288. The number of nitrogens with two attached hydrogens (primary N) is 1. The molecule has 0 radical (unpaired) electrons. The number of nitrogens with zero attached hydrogens (tertiary/aromatic N) is 3. The average molecular weight is 312 g/mol. The number of carbonyl (C=O) groups is 1. The van der Waals surface area contributed by atoms with Crippen LogP contribution in [0.2, 0.25) is 0 Å². The summed E-state index contributed by atoms with van der Waals surface area (Å²) in [6.07, 6.45) is 7.35. The van der Waals surface area contributed by atoms with Gasteiger partial charge in [0.1, 0.15) is 0 Å². The number of aromatic nitrogens is 3. The van der Waals surface area contributed by atoms with Crippen LogP contribution in [-0.2, 0) is 0 Å². The van der Waals surface area contributed by atoms with Crippen LogP contribution in [0.25, 0.3) is 5.52 Å². The molecule has 0 bridgehead atoms. The minimum absolute atomic E-state index is 0. The minimum Gasteiger partial charge on any atom is -0.345 e. The third kappa shape index (κ3) is 3.92. The number of nitrogens with one attached hydrogen (secondary N) is 1. The van der Waals surface area contributed by atoms with Gasteiger partial charge < -0.3 is 11.1 Å². The monoisotopic (exact) mass is 311 g/mol. The van der Waals surface area contributed by atoms with Gasteiger partial charge in [0.15, 0.2) is 0 Å². The number of hydrogen-bond donors (Lipinski definition) is 2. The van der Waals surface area contributed by atoms with Crippen LogP contribution in [0, 0.1) is 5.92 Å². The maximum absolute atomic E-state index is 12.4. The Morgan fingerprint density at radius 1 is 1.48 bits per heavy atom. The number of hydrogen-bond acceptors (Lipinski definition) is 4. The average Bonchev–Trinajstić information content (AvgIpc) is 2.81. The molecule has 2 aromatic heterocycles. The largest absolute Gasteiger partial charge is 0.345 e. The predicted molar refractivity (Wildman–Crippen MR) is 84.6 cm³/mol. The summed E-state index contributed by atoms with van der Waals surface area (Å²) in [5.41, 5.74) is 6.61. The molecule has 0 aliphatic heterocycles. The van der Waals surface area contributed by atoms with E-state index < -0.39 is 5.54 Å². The molecule has 0 aromatic carbocycles. The highest BCUT2D eigenvalue weighted by Crippen LogP contribution is 2.17. The van der Waals surface area contributed by atoms with E-state index in [9.17, 15) is 4.79 Å². The van der Waals surface area contributed by atoms with Crippen LogP contribution < -0.4 is 11.1 Å². The Kier molecular flexibility index (Phi) is 5.69. The van der Waals surface area contributed by atoms with Crippen molar-refractivity contribution in [1.29, 1.82) is 0 Å². The molecular formula is C14H22ClN5O. The number of fused-ring (bicyclic) bond motifs is 1. The Balaban J connectivity index is 0.00000220. The predicted octanol–water partition coefficient (Wildman–Crippen LogP) is 1.64. The van der Waals surface area contributed by atoms with E-state index in [-0.39, 0.29) is 18.3 Å². The van der Waals surface area contributed by atoms with Gasteiger partial charge in [0.25, 0.3) is 5.91 Å². The Bertz CT molecular complexity index is 612. The molecule has 116 valence electrons. The van der Waals surface area contributed by atoms with Gasteiger partial charge in [-0.15, -0.1) is 12.4 Å². The van der Waals surface area contributed by atoms with Gasteiger partial charge in [-0.2, -0.15) is 5.10 Å². The molecule has 3 N–H and O–H groups in total. The van der Waals surface area contributed by atoms with E-state index in [0.717, 1.165) is 6.42 Å². The first-order chi connectivity index (χ1) is 9.45. The number of halogens is 1. The van der Waals surface area contributed by atoms with E-state index in [1.54, 1.807) is 29.3 Å². The molecule has 7 heteroatoms. The lowest BCUT2D eigenvalue weighted by Gasteiger charge is -2.31. The highest BCUT2D eigenvalue weighted by Gasteiger charge is 2.27. The lowest BCUT2D eigenvalue weighted by molar-refractivity contribution is 0.0900. The van der Waals surface area contributed by atoms with Gasteiger partial charge in [-0.05, 0) is 19.3 Å². The van der Waals surface area contributed by atoms with Crippen LogP contribution in [0.1, 0.15) is 37.6 Å². The zero-order valence-electron chi connectivity index (χ0n) is 12.5. The van der Waals surface area contributed by atoms with Crippen molar-refractivity contribution in [2.24, 2.45) is 11.7 Å². The van der Waals surface area contributed by atoms with Crippen LogP contribution in [0.4, 0.5) is 0 Å². The van der Waals surface area contributed by atoms with Gasteiger partial charge in [-0.25, -0.2) is 4.52 Å². The van der Waals surface area contributed by atoms with Gasteiger partial charge in [0.05, 0.1) is 23.5 Å². The van der Waals surface area contributed by atoms with Crippen LogP contribution in [0.5, 0.6) is 0 Å². The standard InChI is InChI=1S/C14H21N5O.ClH/c1-10(2)6-14(3,9-15)18-13(20)11-7-17-19-5-4-16-8-12(11)19;/h4-5,7-8,10H,6,9,15H2,1-3H3,(H,18,20);1H. The lowest BCUT2D eigenvalue weighted by Crippen LogP contribution is -2.52. The van der Waals surface area contributed by atoms with Crippen molar-refractivity contribution in [3.05, 3.63) is 30.4 Å². The second kappa shape index (κ2) is 6.87. The summed E-state index contributed by atoms with van der Waals surface area (Å²) >= 11 is 0. The zero-order valence-corrected chi connectivity index (χ0v) is 13.4. The molecular weight excluding hydrogens is 290 g/mol. The Morgan fingerprint density at radius 2 is 2.19 bits per heavy atom. The number of amides is 1. The van der Waals surface area contributed by atoms with Crippen LogP contribution >= 0.6 is 12.4 Å². The van der Waals surface area contributed by atoms with Crippen molar-refractivity contribution in [3.63, 3.8) is 0 Å². The van der Waals surface area contributed by atoms with Crippen molar-refractivity contribution in [2.75, 3.05) is 6.54 Å². The van der Waals surface area contributed by atoms with E-state index >= 15 is 0 Å². The normalized spacial score (nSPS) is 13.8. The Morgan fingerprint density at radius 3 is 2.81 bits per heavy atom. The zero-order chi connectivity index (χ0) is 14.8. The highest BCUT2D eigenvalue weighted by molar-refractivity contribution is 6.00. The third-order valence-electron chi connectivity index (χ3n) is 3.29. The summed E-state index contributed by atoms with van der Waals surface area (Å²) in [7, 11) is 0. The van der Waals surface area contributed by atoms with Crippen molar-refractivity contribution in [1.82, 2.24) is 19.9 Å². The first-order valence-electron chi connectivity index (χ1n) is 6.75. The fraction of sp³-hybridized carbons (Fsp3) is 0.500. The van der Waals surface area contributed by atoms with Crippen LogP contribution in [0.3, 0.4) is 0 Å². The number of rotatable bonds is 5. The second-order valence-corrected chi connectivity index (χ2v) is 5.78.